The summed E-state index contributed by atoms with van der Waals surface area (Å²) in [5, 5.41) is 2.98. The molecule has 0 aromatic heterocycles. The fraction of sp³-hybridized carbons (Fsp3) is 0.455. The van der Waals surface area contributed by atoms with Crippen molar-refractivity contribution in [1.29, 1.82) is 0 Å². The van der Waals surface area contributed by atoms with Gasteiger partial charge in [0.05, 0.1) is 10.5 Å². The van der Waals surface area contributed by atoms with E-state index in [-0.39, 0.29) is 10.5 Å². The van der Waals surface area contributed by atoms with Gasteiger partial charge >= 0.3 is 6.18 Å². The highest BCUT2D eigenvalue weighted by Gasteiger charge is 2.33. The van der Waals surface area contributed by atoms with E-state index >= 15 is 0 Å². The Morgan fingerprint density at radius 3 is 2.55 bits per heavy atom. The van der Waals surface area contributed by atoms with Crippen LogP contribution in [0.5, 0.6) is 0 Å². The molecule has 0 saturated carbocycles. The Morgan fingerprint density at radius 2 is 2.00 bits per heavy atom. The van der Waals surface area contributed by atoms with Gasteiger partial charge in [0, 0.05) is 17.1 Å². The molecule has 0 radical (unpaired) electrons. The molecule has 2 N–H and O–H groups in total. The summed E-state index contributed by atoms with van der Waals surface area (Å²) < 4.78 is 64.7. The highest BCUT2D eigenvalue weighted by atomic mass is 79.9. The van der Waals surface area contributed by atoms with Crippen LogP contribution in [0.3, 0.4) is 0 Å². The van der Waals surface area contributed by atoms with Crippen LogP contribution < -0.4 is 10.0 Å². The Labute approximate surface area is 122 Å². The van der Waals surface area contributed by atoms with Crippen molar-refractivity contribution >= 4 is 26.0 Å². The van der Waals surface area contributed by atoms with E-state index < -0.39 is 26.7 Å². The second-order valence-corrected chi connectivity index (χ2v) is 7.11. The maximum atomic E-state index is 12.7. The van der Waals surface area contributed by atoms with Gasteiger partial charge < -0.3 is 5.32 Å². The first-order chi connectivity index (χ1) is 9.18. The number of halogens is 4. The molecule has 112 valence electrons. The Morgan fingerprint density at radius 1 is 1.30 bits per heavy atom. The number of nitrogens with one attached hydrogen (secondary N) is 2. The minimum Gasteiger partial charge on any atom is -0.315 e. The fourth-order valence-corrected chi connectivity index (χ4v) is 3.91. The molecular formula is C11H12BrF3N2O2S. The molecular weight excluding hydrogens is 361 g/mol. The van der Waals surface area contributed by atoms with E-state index in [1.807, 2.05) is 0 Å². The number of sulfonamides is 1. The molecule has 1 heterocycles. The Hall–Kier alpha value is -0.640. The van der Waals surface area contributed by atoms with E-state index in [1.165, 1.54) is 0 Å². The Balaban J connectivity index is 2.33. The molecule has 1 saturated heterocycles. The van der Waals surface area contributed by atoms with Crippen molar-refractivity contribution in [1.82, 2.24) is 10.0 Å². The monoisotopic (exact) mass is 372 g/mol. The molecule has 20 heavy (non-hydrogen) atoms. The van der Waals surface area contributed by atoms with Gasteiger partial charge in [-0.25, -0.2) is 13.1 Å². The minimum atomic E-state index is -4.59. The van der Waals surface area contributed by atoms with Gasteiger partial charge in [0.25, 0.3) is 0 Å². The molecule has 0 spiro atoms. The number of alkyl halides is 3. The number of rotatable bonds is 3. The van der Waals surface area contributed by atoms with E-state index in [2.05, 4.69) is 26.0 Å². The van der Waals surface area contributed by atoms with Crippen LogP contribution in [-0.4, -0.2) is 27.5 Å². The van der Waals surface area contributed by atoms with Crippen molar-refractivity contribution < 1.29 is 21.6 Å². The first kappa shape index (κ1) is 15.7. The predicted molar refractivity (Wildman–Crippen MR) is 70.7 cm³/mol. The average molecular weight is 373 g/mol. The topological polar surface area (TPSA) is 58.2 Å². The van der Waals surface area contributed by atoms with Gasteiger partial charge in [-0.15, -0.1) is 0 Å². The lowest BCUT2D eigenvalue weighted by atomic mass is 10.2. The maximum Gasteiger partial charge on any atom is 0.416 e. The Bertz CT molecular complexity index is 598. The summed E-state index contributed by atoms with van der Waals surface area (Å²) in [6.45, 7) is 1.15. The van der Waals surface area contributed by atoms with Gasteiger partial charge in [-0.2, -0.15) is 13.2 Å². The summed E-state index contributed by atoms with van der Waals surface area (Å²) in [5.41, 5.74) is -1.00. The zero-order chi connectivity index (χ0) is 15.0. The summed E-state index contributed by atoms with van der Waals surface area (Å²) >= 11 is 2.91. The van der Waals surface area contributed by atoms with Crippen LogP contribution >= 0.6 is 15.9 Å². The van der Waals surface area contributed by atoms with Crippen LogP contribution in [0.15, 0.2) is 27.6 Å². The van der Waals surface area contributed by atoms with Gasteiger partial charge in [0.15, 0.2) is 0 Å². The third-order valence-electron chi connectivity index (χ3n) is 2.89. The summed E-state index contributed by atoms with van der Waals surface area (Å²) in [6, 6.07) is 2.33. The van der Waals surface area contributed by atoms with Crippen LogP contribution in [0, 0.1) is 0 Å². The second-order valence-electron chi connectivity index (χ2n) is 4.48. The molecule has 1 fully saturated rings. The first-order valence-corrected chi connectivity index (χ1v) is 8.07. The van der Waals surface area contributed by atoms with Crippen LogP contribution in [0.2, 0.25) is 0 Å². The quantitative estimate of drug-likeness (QED) is 0.854. The summed E-state index contributed by atoms with van der Waals surface area (Å²) in [7, 11) is -3.97. The van der Waals surface area contributed by atoms with E-state index in [9.17, 15) is 21.6 Å². The third kappa shape index (κ3) is 3.72. The van der Waals surface area contributed by atoms with E-state index in [0.717, 1.165) is 12.1 Å². The molecule has 1 unspecified atom stereocenters. The van der Waals surface area contributed by atoms with Crippen molar-refractivity contribution in [3.8, 4) is 0 Å². The highest BCUT2D eigenvalue weighted by Crippen LogP contribution is 2.33. The molecule has 0 aliphatic carbocycles. The van der Waals surface area contributed by atoms with Crippen molar-refractivity contribution in [2.45, 2.75) is 23.5 Å². The number of hydrogen-bond acceptors (Lipinski definition) is 3. The molecule has 0 amide bonds. The van der Waals surface area contributed by atoms with Crippen molar-refractivity contribution in [2.75, 3.05) is 13.1 Å². The van der Waals surface area contributed by atoms with E-state index in [4.69, 9.17) is 0 Å². The molecule has 1 aliphatic heterocycles. The predicted octanol–water partition coefficient (Wildman–Crippen LogP) is 2.11. The summed E-state index contributed by atoms with van der Waals surface area (Å²) in [5.74, 6) is 0. The SMILES string of the molecule is O=S(=O)(NC1CCNC1)c1cc(Br)cc(C(F)(F)F)c1. The first-order valence-electron chi connectivity index (χ1n) is 5.79. The van der Waals surface area contributed by atoms with Crippen LogP contribution in [0.4, 0.5) is 13.2 Å². The maximum absolute atomic E-state index is 12.7. The van der Waals surface area contributed by atoms with Gasteiger partial charge in [0.1, 0.15) is 0 Å². The summed E-state index contributed by atoms with van der Waals surface area (Å²) in [4.78, 5) is -0.397. The molecule has 4 nitrogen and oxygen atoms in total. The minimum absolute atomic E-state index is 0.0669. The molecule has 1 aromatic rings. The van der Waals surface area contributed by atoms with E-state index in [1.54, 1.807) is 0 Å². The van der Waals surface area contributed by atoms with Crippen LogP contribution in [0.1, 0.15) is 12.0 Å². The lowest BCUT2D eigenvalue weighted by Gasteiger charge is -2.14. The molecule has 9 heteroatoms. The normalized spacial score (nSPS) is 20.3. The summed E-state index contributed by atoms with van der Waals surface area (Å²) in [6.07, 6.45) is -3.98. The van der Waals surface area contributed by atoms with Crippen molar-refractivity contribution in [2.24, 2.45) is 0 Å². The van der Waals surface area contributed by atoms with E-state index in [0.29, 0.717) is 25.6 Å². The average Bonchev–Trinajstić information content (AvgIpc) is 2.79. The lowest BCUT2D eigenvalue weighted by Crippen LogP contribution is -2.36. The van der Waals surface area contributed by atoms with Crippen LogP contribution in [-0.2, 0) is 16.2 Å². The zero-order valence-corrected chi connectivity index (χ0v) is 12.6. The third-order valence-corrected chi connectivity index (χ3v) is 4.85. The second kappa shape index (κ2) is 5.63. The van der Waals surface area contributed by atoms with Gasteiger partial charge in [-0.05, 0) is 31.2 Å². The van der Waals surface area contributed by atoms with Crippen molar-refractivity contribution in [3.63, 3.8) is 0 Å². The molecule has 2 rings (SSSR count). The largest absolute Gasteiger partial charge is 0.416 e. The number of benzene rings is 1. The molecule has 1 atom stereocenters. The van der Waals surface area contributed by atoms with Crippen molar-refractivity contribution in [3.05, 3.63) is 28.2 Å². The molecule has 0 bridgehead atoms. The number of hydrogen-bond donors (Lipinski definition) is 2. The standard InChI is InChI=1S/C11H12BrF3N2O2S/c12-8-3-7(11(13,14)15)4-10(5-8)20(18,19)17-9-1-2-16-6-9/h3-5,9,16-17H,1-2,6H2. The smallest absolute Gasteiger partial charge is 0.315 e. The van der Waals surface area contributed by atoms with Gasteiger partial charge in [-0.1, -0.05) is 15.9 Å². The zero-order valence-electron chi connectivity index (χ0n) is 10.2. The van der Waals surface area contributed by atoms with Gasteiger partial charge in [-0.3, -0.25) is 0 Å². The molecule has 1 aromatic carbocycles. The van der Waals surface area contributed by atoms with Crippen LogP contribution in [0.25, 0.3) is 0 Å². The highest BCUT2D eigenvalue weighted by molar-refractivity contribution is 9.10. The van der Waals surface area contributed by atoms with Gasteiger partial charge in [0.2, 0.25) is 10.0 Å². The fourth-order valence-electron chi connectivity index (χ4n) is 1.92. The Kier molecular flexibility index (Phi) is 4.43. The molecule has 1 aliphatic rings. The lowest BCUT2D eigenvalue weighted by molar-refractivity contribution is -0.137.